The van der Waals surface area contributed by atoms with Crippen molar-refractivity contribution in [1.82, 2.24) is 4.98 Å². The molecule has 0 spiro atoms. The van der Waals surface area contributed by atoms with Crippen molar-refractivity contribution in [3.63, 3.8) is 0 Å². The summed E-state index contributed by atoms with van der Waals surface area (Å²) in [6.45, 7) is 2.47. The third-order valence-corrected chi connectivity index (χ3v) is 3.88. The minimum absolute atomic E-state index is 0. The van der Waals surface area contributed by atoms with Crippen molar-refractivity contribution in [2.45, 2.75) is 58.3 Å². The van der Waals surface area contributed by atoms with E-state index in [2.05, 4.69) is 4.98 Å². The second-order valence-electron chi connectivity index (χ2n) is 5.69. The number of nitrogens with zero attached hydrogens (tertiary/aromatic N) is 1. The Balaban J connectivity index is 0.00000112. The van der Waals surface area contributed by atoms with Gasteiger partial charge >= 0.3 is 35.5 Å². The van der Waals surface area contributed by atoms with Crippen LogP contribution in [0.15, 0.2) is 24.5 Å². The van der Waals surface area contributed by atoms with Gasteiger partial charge in [-0.25, -0.2) is 4.79 Å². The number of aliphatic hydroxyl groups excluding tert-OH is 1. The van der Waals surface area contributed by atoms with Gasteiger partial charge in [0.2, 0.25) is 0 Å². The number of unbranched alkanes of at least 4 members (excludes halogenated alkanes) is 1. The van der Waals surface area contributed by atoms with Gasteiger partial charge in [0.25, 0.3) is 0 Å². The Bertz CT molecular complexity index is 395. The molecule has 1 aliphatic rings. The van der Waals surface area contributed by atoms with Crippen molar-refractivity contribution in [3.05, 3.63) is 30.1 Å². The van der Waals surface area contributed by atoms with Gasteiger partial charge in [-0.15, -0.1) is 0 Å². The summed E-state index contributed by atoms with van der Waals surface area (Å²) in [7, 11) is 0. The van der Waals surface area contributed by atoms with Crippen LogP contribution in [0.2, 0.25) is 0 Å². The molecule has 0 aliphatic heterocycles. The SMILES string of the molecule is CCO.O=C(OCCCCC1CCCCC1)c1ccncc1.[Na+]. The maximum Gasteiger partial charge on any atom is 1.00 e. The molecule has 124 valence electrons. The molecule has 1 aromatic rings. The van der Waals surface area contributed by atoms with Crippen LogP contribution in [-0.2, 0) is 4.74 Å². The molecular formula is C18H29NNaO3+. The van der Waals surface area contributed by atoms with E-state index >= 15 is 0 Å². The van der Waals surface area contributed by atoms with Crippen LogP contribution >= 0.6 is 0 Å². The van der Waals surface area contributed by atoms with E-state index in [0.29, 0.717) is 12.2 Å². The number of carbonyl (C=O) groups excluding carboxylic acids is 1. The van der Waals surface area contributed by atoms with E-state index in [9.17, 15) is 4.79 Å². The zero-order valence-corrected chi connectivity index (χ0v) is 16.7. The van der Waals surface area contributed by atoms with Crippen molar-refractivity contribution in [2.75, 3.05) is 13.2 Å². The van der Waals surface area contributed by atoms with E-state index in [1.165, 1.54) is 44.9 Å². The Morgan fingerprint density at radius 1 is 1.22 bits per heavy atom. The van der Waals surface area contributed by atoms with E-state index in [1.807, 2.05) is 0 Å². The van der Waals surface area contributed by atoms with Crippen LogP contribution < -0.4 is 29.6 Å². The minimum Gasteiger partial charge on any atom is -0.462 e. The van der Waals surface area contributed by atoms with E-state index in [0.717, 1.165) is 12.3 Å². The smallest absolute Gasteiger partial charge is 0.462 e. The van der Waals surface area contributed by atoms with Crippen LogP contribution in [0.1, 0.15) is 68.6 Å². The number of aliphatic hydroxyl groups is 1. The molecule has 0 saturated heterocycles. The van der Waals surface area contributed by atoms with Crippen molar-refractivity contribution in [3.8, 4) is 0 Å². The number of ether oxygens (including phenoxy) is 1. The van der Waals surface area contributed by atoms with E-state index in [4.69, 9.17) is 9.84 Å². The van der Waals surface area contributed by atoms with Crippen molar-refractivity contribution in [1.29, 1.82) is 0 Å². The van der Waals surface area contributed by atoms with Crippen LogP contribution in [0.4, 0.5) is 0 Å². The molecule has 1 fully saturated rings. The van der Waals surface area contributed by atoms with Gasteiger partial charge in [-0.3, -0.25) is 4.98 Å². The largest absolute Gasteiger partial charge is 1.00 e. The van der Waals surface area contributed by atoms with Crippen molar-refractivity contribution < 1.29 is 44.2 Å². The van der Waals surface area contributed by atoms with Gasteiger partial charge in [0, 0.05) is 19.0 Å². The van der Waals surface area contributed by atoms with E-state index in [1.54, 1.807) is 31.5 Å². The molecule has 23 heavy (non-hydrogen) atoms. The van der Waals surface area contributed by atoms with Crippen LogP contribution in [-0.4, -0.2) is 29.3 Å². The third kappa shape index (κ3) is 10.9. The first-order valence-electron chi connectivity index (χ1n) is 8.46. The maximum absolute atomic E-state index is 11.7. The summed E-state index contributed by atoms with van der Waals surface area (Å²) in [5.41, 5.74) is 0.585. The van der Waals surface area contributed by atoms with Gasteiger partial charge in [-0.1, -0.05) is 38.5 Å². The molecule has 1 aromatic heterocycles. The van der Waals surface area contributed by atoms with Crippen LogP contribution in [0.5, 0.6) is 0 Å². The average Bonchev–Trinajstić information content (AvgIpc) is 2.57. The summed E-state index contributed by atoms with van der Waals surface area (Å²) in [5, 5.41) is 7.57. The Hall–Kier alpha value is -0.420. The zero-order chi connectivity index (χ0) is 16.0. The van der Waals surface area contributed by atoms with E-state index < -0.39 is 0 Å². The fraction of sp³-hybridized carbons (Fsp3) is 0.667. The van der Waals surface area contributed by atoms with Gasteiger partial charge < -0.3 is 9.84 Å². The molecule has 1 heterocycles. The predicted octanol–water partition coefficient (Wildman–Crippen LogP) is 0.992. The standard InChI is InChI=1S/C16H23NO2.C2H6O.Na/c18-16(15-9-11-17-12-10-15)19-13-5-4-8-14-6-2-1-3-7-14;1-2-3;/h9-12,14H,1-8,13H2;3H,2H2,1H3;/q;;+1. The molecule has 5 heteroatoms. The molecule has 1 aliphatic carbocycles. The monoisotopic (exact) mass is 330 g/mol. The number of hydrogen-bond donors (Lipinski definition) is 1. The van der Waals surface area contributed by atoms with Gasteiger partial charge in [-0.05, 0) is 37.8 Å². The predicted molar refractivity (Wildman–Crippen MR) is 87.7 cm³/mol. The first-order valence-corrected chi connectivity index (χ1v) is 8.46. The number of rotatable bonds is 6. The Morgan fingerprint density at radius 3 is 2.43 bits per heavy atom. The normalized spacial score (nSPS) is 14.2. The summed E-state index contributed by atoms with van der Waals surface area (Å²) in [6.07, 6.45) is 13.7. The Morgan fingerprint density at radius 2 is 1.83 bits per heavy atom. The summed E-state index contributed by atoms with van der Waals surface area (Å²) in [4.78, 5) is 15.5. The zero-order valence-electron chi connectivity index (χ0n) is 14.7. The third-order valence-electron chi connectivity index (χ3n) is 3.88. The van der Waals surface area contributed by atoms with Crippen LogP contribution in [0.3, 0.4) is 0 Å². The maximum atomic E-state index is 11.7. The molecule has 1 saturated carbocycles. The molecule has 0 atom stereocenters. The quantitative estimate of drug-likeness (QED) is 0.480. The molecular weight excluding hydrogens is 301 g/mol. The summed E-state index contributed by atoms with van der Waals surface area (Å²) in [5.74, 6) is 0.685. The average molecular weight is 330 g/mol. The summed E-state index contributed by atoms with van der Waals surface area (Å²) >= 11 is 0. The Labute approximate surface area is 162 Å². The number of pyridine rings is 1. The fourth-order valence-electron chi connectivity index (χ4n) is 2.75. The van der Waals surface area contributed by atoms with Crippen LogP contribution in [0, 0.1) is 5.92 Å². The molecule has 0 aromatic carbocycles. The van der Waals surface area contributed by atoms with E-state index in [-0.39, 0.29) is 42.1 Å². The van der Waals surface area contributed by atoms with Crippen molar-refractivity contribution in [2.24, 2.45) is 5.92 Å². The van der Waals surface area contributed by atoms with Gasteiger partial charge in [-0.2, -0.15) is 0 Å². The molecule has 0 amide bonds. The van der Waals surface area contributed by atoms with Crippen LogP contribution in [0.25, 0.3) is 0 Å². The first-order chi connectivity index (χ1) is 10.8. The number of hydrogen-bond acceptors (Lipinski definition) is 4. The number of carbonyl (C=O) groups is 1. The summed E-state index contributed by atoms with van der Waals surface area (Å²) < 4.78 is 5.25. The van der Waals surface area contributed by atoms with Gasteiger partial charge in [0.15, 0.2) is 0 Å². The summed E-state index contributed by atoms with van der Waals surface area (Å²) in [6, 6.07) is 3.37. The molecule has 0 bridgehead atoms. The first kappa shape index (κ1) is 22.6. The second-order valence-corrected chi connectivity index (χ2v) is 5.69. The Kier molecular flexibility index (Phi) is 14.9. The van der Waals surface area contributed by atoms with Gasteiger partial charge in [0.1, 0.15) is 0 Å². The molecule has 1 N–H and O–H groups in total. The second kappa shape index (κ2) is 15.1. The van der Waals surface area contributed by atoms with Gasteiger partial charge in [0.05, 0.1) is 12.2 Å². The number of aromatic nitrogens is 1. The molecule has 4 nitrogen and oxygen atoms in total. The topological polar surface area (TPSA) is 59.4 Å². The molecule has 0 unspecified atom stereocenters. The minimum atomic E-state index is -0.236. The molecule has 2 rings (SSSR count). The molecule has 0 radical (unpaired) electrons. The number of esters is 1. The fourth-order valence-corrected chi connectivity index (χ4v) is 2.75. The van der Waals surface area contributed by atoms with Crippen molar-refractivity contribution >= 4 is 5.97 Å².